The van der Waals surface area contributed by atoms with E-state index in [0.29, 0.717) is 6.61 Å². The highest BCUT2D eigenvalue weighted by molar-refractivity contribution is 7.08. The molecule has 0 N–H and O–H groups in total. The van der Waals surface area contributed by atoms with Crippen LogP contribution < -0.4 is 0 Å². The van der Waals surface area contributed by atoms with Crippen molar-refractivity contribution in [2.45, 2.75) is 32.6 Å². The third-order valence-electron chi connectivity index (χ3n) is 3.36. The quantitative estimate of drug-likeness (QED) is 0.560. The number of unbranched alkanes of at least 4 members (excludes halogenated alkanes) is 1. The number of carbonyl (C=O) groups excluding carboxylic acids is 1. The summed E-state index contributed by atoms with van der Waals surface area (Å²) in [4.78, 5) is 11.9. The Hall–Kier alpha value is -1.61. The van der Waals surface area contributed by atoms with E-state index in [9.17, 15) is 4.79 Å². The van der Waals surface area contributed by atoms with Crippen LogP contribution in [0, 0.1) is 0 Å². The Labute approximate surface area is 124 Å². The van der Waals surface area contributed by atoms with Crippen LogP contribution in [0.3, 0.4) is 0 Å². The van der Waals surface area contributed by atoms with Crippen LogP contribution in [-0.2, 0) is 9.53 Å². The summed E-state index contributed by atoms with van der Waals surface area (Å²) in [7, 11) is 0. The number of ether oxygens (including phenoxy) is 1. The van der Waals surface area contributed by atoms with Gasteiger partial charge >= 0.3 is 5.97 Å². The first-order chi connectivity index (χ1) is 9.72. The molecule has 20 heavy (non-hydrogen) atoms. The maximum atomic E-state index is 11.9. The second-order valence-corrected chi connectivity index (χ2v) is 5.66. The molecule has 0 aliphatic carbocycles. The minimum absolute atomic E-state index is 0.137. The third kappa shape index (κ3) is 3.70. The van der Waals surface area contributed by atoms with Crippen molar-refractivity contribution >= 4 is 17.3 Å². The molecule has 0 spiro atoms. The molecule has 1 heterocycles. The maximum Gasteiger partial charge on any atom is 0.313 e. The van der Waals surface area contributed by atoms with Crippen LogP contribution in [-0.4, -0.2) is 12.6 Å². The van der Waals surface area contributed by atoms with Gasteiger partial charge in [0, 0.05) is 0 Å². The minimum atomic E-state index is -0.205. The summed E-state index contributed by atoms with van der Waals surface area (Å²) < 4.78 is 5.26. The fraction of sp³-hybridized carbons (Fsp3) is 0.353. The molecule has 0 radical (unpaired) electrons. The zero-order valence-corrected chi connectivity index (χ0v) is 12.8. The molecule has 0 unspecified atom stereocenters. The van der Waals surface area contributed by atoms with Crippen molar-refractivity contribution in [1.29, 1.82) is 0 Å². The summed E-state index contributed by atoms with van der Waals surface area (Å²) >= 11 is 1.69. The number of esters is 1. The Kier molecular flexibility index (Phi) is 5.36. The van der Waals surface area contributed by atoms with Gasteiger partial charge in [0.15, 0.2) is 0 Å². The summed E-state index contributed by atoms with van der Waals surface area (Å²) in [6.45, 7) is 4.50. The summed E-state index contributed by atoms with van der Waals surface area (Å²) in [6.07, 6.45) is 1.96. The Morgan fingerprint density at radius 1 is 1.20 bits per heavy atom. The fourth-order valence-electron chi connectivity index (χ4n) is 1.97. The normalized spacial score (nSPS) is 12.1. The van der Waals surface area contributed by atoms with E-state index in [2.05, 4.69) is 35.9 Å². The van der Waals surface area contributed by atoms with Crippen molar-refractivity contribution in [1.82, 2.24) is 0 Å². The molecule has 0 saturated carbocycles. The highest BCUT2D eigenvalue weighted by atomic mass is 32.1. The Morgan fingerprint density at radius 3 is 2.55 bits per heavy atom. The lowest BCUT2D eigenvalue weighted by atomic mass is 9.98. The molecule has 1 aromatic heterocycles. The van der Waals surface area contributed by atoms with Crippen molar-refractivity contribution in [2.24, 2.45) is 0 Å². The number of benzene rings is 1. The van der Waals surface area contributed by atoms with Crippen LogP contribution >= 0.6 is 11.3 Å². The van der Waals surface area contributed by atoms with Gasteiger partial charge in [0.25, 0.3) is 0 Å². The predicted octanol–water partition coefficient (Wildman–Crippen LogP) is 4.86. The summed E-state index contributed by atoms with van der Waals surface area (Å²) in [5.74, 6) is -0.342. The van der Waals surface area contributed by atoms with E-state index in [-0.39, 0.29) is 11.9 Å². The maximum absolute atomic E-state index is 11.9. The van der Waals surface area contributed by atoms with Gasteiger partial charge in [-0.25, -0.2) is 0 Å². The lowest BCUT2D eigenvalue weighted by Gasteiger charge is -2.12. The molecule has 1 aromatic carbocycles. The second-order valence-electron chi connectivity index (χ2n) is 4.88. The molecular formula is C17H20O2S. The predicted molar refractivity (Wildman–Crippen MR) is 84.0 cm³/mol. The van der Waals surface area contributed by atoms with E-state index in [0.717, 1.165) is 18.4 Å². The van der Waals surface area contributed by atoms with Crippen molar-refractivity contribution in [3.63, 3.8) is 0 Å². The number of rotatable bonds is 6. The van der Waals surface area contributed by atoms with E-state index < -0.39 is 0 Å². The van der Waals surface area contributed by atoms with Gasteiger partial charge in [-0.15, -0.1) is 0 Å². The first-order valence-corrected chi connectivity index (χ1v) is 7.95. The molecule has 1 atom stereocenters. The molecule has 2 aromatic rings. The lowest BCUT2D eigenvalue weighted by Crippen LogP contribution is -2.13. The summed E-state index contributed by atoms with van der Waals surface area (Å²) in [5.41, 5.74) is 3.41. The lowest BCUT2D eigenvalue weighted by molar-refractivity contribution is -0.145. The molecular weight excluding hydrogens is 268 g/mol. The van der Waals surface area contributed by atoms with Gasteiger partial charge in [-0.2, -0.15) is 11.3 Å². The van der Waals surface area contributed by atoms with Crippen LogP contribution in [0.4, 0.5) is 0 Å². The monoisotopic (exact) mass is 288 g/mol. The summed E-state index contributed by atoms with van der Waals surface area (Å²) in [6, 6.07) is 10.3. The molecule has 106 valence electrons. The van der Waals surface area contributed by atoms with E-state index >= 15 is 0 Å². The Bertz CT molecular complexity index is 529. The molecule has 2 rings (SSSR count). The highest BCUT2D eigenvalue weighted by Crippen LogP contribution is 2.25. The molecule has 0 amide bonds. The number of thiophene rings is 1. The Morgan fingerprint density at radius 2 is 1.95 bits per heavy atom. The van der Waals surface area contributed by atoms with Crippen molar-refractivity contribution in [3.8, 4) is 11.1 Å². The van der Waals surface area contributed by atoms with Gasteiger partial charge in [-0.1, -0.05) is 37.6 Å². The first-order valence-electron chi connectivity index (χ1n) is 7.01. The highest BCUT2D eigenvalue weighted by Gasteiger charge is 2.16. The van der Waals surface area contributed by atoms with Gasteiger partial charge in [-0.3, -0.25) is 4.79 Å². The molecule has 0 bridgehead atoms. The zero-order chi connectivity index (χ0) is 14.4. The van der Waals surface area contributed by atoms with Crippen LogP contribution in [0.2, 0.25) is 0 Å². The number of hydrogen-bond acceptors (Lipinski definition) is 3. The molecule has 2 nitrogen and oxygen atoms in total. The SMILES string of the molecule is CCCCOC(=O)[C@H](C)c1ccc(-c2ccsc2)cc1. The molecule has 0 saturated heterocycles. The molecule has 3 heteroatoms. The van der Waals surface area contributed by atoms with Gasteiger partial charge in [0.1, 0.15) is 0 Å². The van der Waals surface area contributed by atoms with Gasteiger partial charge in [-0.05, 0) is 46.9 Å². The largest absolute Gasteiger partial charge is 0.465 e. The van der Waals surface area contributed by atoms with E-state index in [4.69, 9.17) is 4.74 Å². The van der Waals surface area contributed by atoms with Crippen molar-refractivity contribution in [2.75, 3.05) is 6.61 Å². The molecule has 0 fully saturated rings. The van der Waals surface area contributed by atoms with E-state index in [1.165, 1.54) is 11.1 Å². The molecule has 0 aliphatic rings. The van der Waals surface area contributed by atoms with Gasteiger partial charge in [0.05, 0.1) is 12.5 Å². The summed E-state index contributed by atoms with van der Waals surface area (Å²) in [5, 5.41) is 4.19. The second kappa shape index (κ2) is 7.25. The molecule has 0 aliphatic heterocycles. The first kappa shape index (κ1) is 14.8. The number of carbonyl (C=O) groups is 1. The minimum Gasteiger partial charge on any atom is -0.465 e. The van der Waals surface area contributed by atoms with E-state index in [1.54, 1.807) is 11.3 Å². The van der Waals surface area contributed by atoms with Gasteiger partial charge < -0.3 is 4.74 Å². The van der Waals surface area contributed by atoms with Crippen molar-refractivity contribution < 1.29 is 9.53 Å². The van der Waals surface area contributed by atoms with Crippen LogP contribution in [0.15, 0.2) is 41.1 Å². The fourth-order valence-corrected chi connectivity index (χ4v) is 2.64. The van der Waals surface area contributed by atoms with Crippen LogP contribution in [0.5, 0.6) is 0 Å². The van der Waals surface area contributed by atoms with Crippen molar-refractivity contribution in [3.05, 3.63) is 46.7 Å². The smallest absolute Gasteiger partial charge is 0.313 e. The average Bonchev–Trinajstić information content (AvgIpc) is 3.01. The van der Waals surface area contributed by atoms with Crippen LogP contribution in [0.25, 0.3) is 11.1 Å². The average molecular weight is 288 g/mol. The standard InChI is InChI=1S/C17H20O2S/c1-3-4-10-19-17(18)13(2)14-5-7-15(8-6-14)16-9-11-20-12-16/h5-9,11-13H,3-4,10H2,1-2H3/t13-/m1/s1. The Balaban J connectivity index is 2.00. The van der Waals surface area contributed by atoms with Gasteiger partial charge in [0.2, 0.25) is 0 Å². The topological polar surface area (TPSA) is 26.3 Å². The third-order valence-corrected chi connectivity index (χ3v) is 4.04. The number of hydrogen-bond donors (Lipinski definition) is 0. The zero-order valence-electron chi connectivity index (χ0n) is 12.0. The van der Waals surface area contributed by atoms with E-state index in [1.807, 2.05) is 19.1 Å². The van der Waals surface area contributed by atoms with Crippen LogP contribution in [0.1, 0.15) is 38.2 Å².